The summed E-state index contributed by atoms with van der Waals surface area (Å²) >= 11 is 5.87. The zero-order valence-electron chi connectivity index (χ0n) is 12.6. The SMILES string of the molecule is CCCNC(=O)CN(C)[C@@H](C)C(=O)Nc1cccc(Cl)c1. The molecule has 0 bridgehead atoms. The van der Waals surface area contributed by atoms with Crippen LogP contribution >= 0.6 is 11.6 Å². The maximum absolute atomic E-state index is 12.1. The summed E-state index contributed by atoms with van der Waals surface area (Å²) in [4.78, 5) is 25.5. The summed E-state index contributed by atoms with van der Waals surface area (Å²) in [5.74, 6) is -0.259. The first-order chi connectivity index (χ1) is 9.93. The normalized spacial score (nSPS) is 12.0. The molecule has 1 aromatic rings. The van der Waals surface area contributed by atoms with Crippen LogP contribution in [-0.2, 0) is 9.59 Å². The van der Waals surface area contributed by atoms with Crippen LogP contribution in [0.4, 0.5) is 5.69 Å². The number of amides is 2. The third-order valence-electron chi connectivity index (χ3n) is 3.10. The van der Waals surface area contributed by atoms with Gasteiger partial charge in [-0.25, -0.2) is 0 Å². The number of hydrogen-bond acceptors (Lipinski definition) is 3. The predicted octanol–water partition coefficient (Wildman–Crippen LogP) is 2.12. The quantitative estimate of drug-likeness (QED) is 0.811. The van der Waals surface area contributed by atoms with Gasteiger partial charge in [0.05, 0.1) is 12.6 Å². The first kappa shape index (κ1) is 17.5. The molecule has 0 saturated carbocycles. The molecule has 0 aromatic heterocycles. The summed E-state index contributed by atoms with van der Waals surface area (Å²) in [5.41, 5.74) is 0.642. The molecule has 1 atom stereocenters. The molecule has 0 radical (unpaired) electrons. The van der Waals surface area contributed by atoms with E-state index in [0.717, 1.165) is 6.42 Å². The van der Waals surface area contributed by atoms with Gasteiger partial charge in [0.25, 0.3) is 0 Å². The van der Waals surface area contributed by atoms with E-state index in [1.54, 1.807) is 43.1 Å². The van der Waals surface area contributed by atoms with Crippen LogP contribution in [0.2, 0.25) is 5.02 Å². The molecule has 1 rings (SSSR count). The lowest BCUT2D eigenvalue weighted by Crippen LogP contribution is -2.44. The van der Waals surface area contributed by atoms with Crippen LogP contribution in [0, 0.1) is 0 Å². The maximum Gasteiger partial charge on any atom is 0.241 e. The zero-order valence-corrected chi connectivity index (χ0v) is 13.4. The summed E-state index contributed by atoms with van der Waals surface area (Å²) in [7, 11) is 1.74. The van der Waals surface area contributed by atoms with Crippen LogP contribution in [0.1, 0.15) is 20.3 Å². The van der Waals surface area contributed by atoms with Gasteiger partial charge in [-0.05, 0) is 38.6 Å². The van der Waals surface area contributed by atoms with Gasteiger partial charge in [0, 0.05) is 17.3 Å². The molecule has 0 aliphatic rings. The lowest BCUT2D eigenvalue weighted by Gasteiger charge is -2.23. The van der Waals surface area contributed by atoms with Crippen LogP contribution in [0.3, 0.4) is 0 Å². The van der Waals surface area contributed by atoms with Crippen molar-refractivity contribution < 1.29 is 9.59 Å². The number of carbonyl (C=O) groups is 2. The minimum absolute atomic E-state index is 0.0817. The van der Waals surface area contributed by atoms with Gasteiger partial charge in [0.15, 0.2) is 0 Å². The van der Waals surface area contributed by atoms with Gasteiger partial charge < -0.3 is 10.6 Å². The number of carbonyl (C=O) groups excluding carboxylic acids is 2. The summed E-state index contributed by atoms with van der Waals surface area (Å²) in [6.07, 6.45) is 0.889. The summed E-state index contributed by atoms with van der Waals surface area (Å²) in [6, 6.07) is 6.54. The Morgan fingerprint density at radius 2 is 2.10 bits per heavy atom. The second-order valence-corrected chi connectivity index (χ2v) is 5.38. The van der Waals surface area contributed by atoms with Crippen LogP contribution < -0.4 is 10.6 Å². The number of rotatable bonds is 7. The van der Waals surface area contributed by atoms with Gasteiger partial charge in [-0.1, -0.05) is 24.6 Å². The molecule has 0 fully saturated rings. The van der Waals surface area contributed by atoms with Crippen molar-refractivity contribution in [3.8, 4) is 0 Å². The maximum atomic E-state index is 12.1. The monoisotopic (exact) mass is 311 g/mol. The molecule has 0 spiro atoms. The minimum Gasteiger partial charge on any atom is -0.355 e. The number of nitrogens with zero attached hydrogens (tertiary/aromatic N) is 1. The molecule has 2 N–H and O–H groups in total. The third-order valence-corrected chi connectivity index (χ3v) is 3.33. The highest BCUT2D eigenvalue weighted by Crippen LogP contribution is 2.15. The largest absolute Gasteiger partial charge is 0.355 e. The fourth-order valence-corrected chi connectivity index (χ4v) is 1.89. The van der Waals surface area contributed by atoms with E-state index in [-0.39, 0.29) is 18.4 Å². The first-order valence-corrected chi connectivity index (χ1v) is 7.35. The van der Waals surface area contributed by atoms with E-state index in [1.165, 1.54) is 0 Å². The van der Waals surface area contributed by atoms with Crippen molar-refractivity contribution in [3.05, 3.63) is 29.3 Å². The summed E-state index contributed by atoms with van der Waals surface area (Å²) < 4.78 is 0. The smallest absolute Gasteiger partial charge is 0.241 e. The van der Waals surface area contributed by atoms with E-state index in [9.17, 15) is 9.59 Å². The Kier molecular flexibility index (Phi) is 7.19. The average Bonchev–Trinajstić information content (AvgIpc) is 2.44. The standard InChI is InChI=1S/C15H22ClN3O2/c1-4-8-17-14(20)10-19(3)11(2)15(21)18-13-7-5-6-12(16)9-13/h5-7,9,11H,4,8,10H2,1-3H3,(H,17,20)(H,18,21)/t11-/m0/s1. The highest BCUT2D eigenvalue weighted by Gasteiger charge is 2.20. The van der Waals surface area contributed by atoms with Crippen molar-refractivity contribution in [2.75, 3.05) is 25.5 Å². The lowest BCUT2D eigenvalue weighted by molar-refractivity contribution is -0.124. The molecule has 5 nitrogen and oxygen atoms in total. The van der Waals surface area contributed by atoms with Crippen LogP contribution in [0.5, 0.6) is 0 Å². The Morgan fingerprint density at radius 1 is 1.38 bits per heavy atom. The highest BCUT2D eigenvalue weighted by atomic mass is 35.5. The van der Waals surface area contributed by atoms with Crippen molar-refractivity contribution >= 4 is 29.1 Å². The molecular weight excluding hydrogens is 290 g/mol. The molecule has 0 aliphatic heterocycles. The van der Waals surface area contributed by atoms with E-state index >= 15 is 0 Å². The highest BCUT2D eigenvalue weighted by molar-refractivity contribution is 6.30. The first-order valence-electron chi connectivity index (χ1n) is 6.97. The van der Waals surface area contributed by atoms with Crippen molar-refractivity contribution in [3.63, 3.8) is 0 Å². The van der Waals surface area contributed by atoms with Gasteiger partial charge in [-0.15, -0.1) is 0 Å². The summed E-state index contributed by atoms with van der Waals surface area (Å²) in [5, 5.41) is 6.13. The average molecular weight is 312 g/mol. The lowest BCUT2D eigenvalue weighted by atomic mass is 10.2. The molecule has 2 amide bonds. The third kappa shape index (κ3) is 6.14. The van der Waals surface area contributed by atoms with E-state index in [1.807, 2.05) is 6.92 Å². The second-order valence-electron chi connectivity index (χ2n) is 4.94. The molecule has 21 heavy (non-hydrogen) atoms. The zero-order chi connectivity index (χ0) is 15.8. The van der Waals surface area contributed by atoms with Gasteiger partial charge in [-0.2, -0.15) is 0 Å². The summed E-state index contributed by atoms with van der Waals surface area (Å²) in [6.45, 7) is 4.58. The molecular formula is C15H22ClN3O2. The second kappa shape index (κ2) is 8.64. The molecule has 0 unspecified atom stereocenters. The fourth-order valence-electron chi connectivity index (χ4n) is 1.70. The van der Waals surface area contributed by atoms with Crippen LogP contribution in [0.25, 0.3) is 0 Å². The van der Waals surface area contributed by atoms with Gasteiger partial charge in [0.2, 0.25) is 11.8 Å². The molecule has 6 heteroatoms. The van der Waals surface area contributed by atoms with E-state index in [0.29, 0.717) is 17.3 Å². The molecule has 0 aliphatic carbocycles. The molecule has 116 valence electrons. The molecule has 1 aromatic carbocycles. The Balaban J connectivity index is 2.51. The topological polar surface area (TPSA) is 61.4 Å². The van der Waals surface area contributed by atoms with E-state index in [4.69, 9.17) is 11.6 Å². The van der Waals surface area contributed by atoms with E-state index in [2.05, 4.69) is 10.6 Å². The molecule has 0 saturated heterocycles. The number of halogens is 1. The number of benzene rings is 1. The van der Waals surface area contributed by atoms with Gasteiger partial charge >= 0.3 is 0 Å². The van der Waals surface area contributed by atoms with Crippen molar-refractivity contribution in [1.82, 2.24) is 10.2 Å². The van der Waals surface area contributed by atoms with Gasteiger partial charge in [-0.3, -0.25) is 14.5 Å². The van der Waals surface area contributed by atoms with Crippen LogP contribution in [-0.4, -0.2) is 42.9 Å². The Morgan fingerprint density at radius 3 is 2.71 bits per heavy atom. The van der Waals surface area contributed by atoms with Crippen LogP contribution in [0.15, 0.2) is 24.3 Å². The fraction of sp³-hybridized carbons (Fsp3) is 0.467. The number of likely N-dealkylation sites (N-methyl/N-ethyl adjacent to an activating group) is 1. The number of nitrogens with one attached hydrogen (secondary N) is 2. The number of anilines is 1. The Hall–Kier alpha value is -1.59. The minimum atomic E-state index is -0.420. The van der Waals surface area contributed by atoms with E-state index < -0.39 is 6.04 Å². The van der Waals surface area contributed by atoms with Crippen molar-refractivity contribution in [2.24, 2.45) is 0 Å². The Labute approximate surface area is 130 Å². The van der Waals surface area contributed by atoms with Gasteiger partial charge in [0.1, 0.15) is 0 Å². The predicted molar refractivity (Wildman–Crippen MR) is 85.5 cm³/mol. The molecule has 0 heterocycles. The number of hydrogen-bond donors (Lipinski definition) is 2. The Bertz CT molecular complexity index is 494. The van der Waals surface area contributed by atoms with Crippen molar-refractivity contribution in [2.45, 2.75) is 26.3 Å². The van der Waals surface area contributed by atoms with Crippen molar-refractivity contribution in [1.29, 1.82) is 0 Å².